The molecule has 0 aromatic heterocycles. The van der Waals surface area contributed by atoms with Gasteiger partial charge in [-0.05, 0) is 26.8 Å². The Balaban J connectivity index is 0. The van der Waals surface area contributed by atoms with Crippen molar-refractivity contribution < 1.29 is 18.1 Å². The van der Waals surface area contributed by atoms with Gasteiger partial charge in [-0.15, -0.1) is 0 Å². The largest absolute Gasteiger partial charge is 0.497 e. The fourth-order valence-electron chi connectivity index (χ4n) is 0.912. The van der Waals surface area contributed by atoms with Crippen LogP contribution in [0.5, 0.6) is 0 Å². The second-order valence-electron chi connectivity index (χ2n) is 2.77. The third-order valence-corrected chi connectivity index (χ3v) is 3.86. The zero-order valence-corrected chi connectivity index (χ0v) is 11.6. The van der Waals surface area contributed by atoms with Gasteiger partial charge >= 0.3 is 8.80 Å². The van der Waals surface area contributed by atoms with Crippen molar-refractivity contribution >= 4 is 14.7 Å². The van der Waals surface area contributed by atoms with E-state index >= 15 is 0 Å². The maximum absolute atomic E-state index is 9.47. The van der Waals surface area contributed by atoms with Gasteiger partial charge in [0.1, 0.15) is 0 Å². The molecule has 0 fully saturated rings. The molecular weight excluding hydrogens is 226 g/mol. The Kier molecular flexibility index (Phi) is 12.0. The molecule has 96 valence electrons. The van der Waals surface area contributed by atoms with Crippen molar-refractivity contribution in [3.63, 3.8) is 0 Å². The topological polar surface area (TPSA) is 70.8 Å². The third-order valence-electron chi connectivity index (χ3n) is 1.42. The Hall–Kier alpha value is -0.693. The van der Waals surface area contributed by atoms with E-state index < -0.39 is 14.7 Å². The molecule has 0 aliphatic rings. The maximum Gasteiger partial charge on any atom is 0.497 e. The van der Waals surface area contributed by atoms with Crippen molar-refractivity contribution in [2.24, 2.45) is 5.73 Å². The molecule has 0 spiro atoms. The molecule has 0 aromatic rings. The lowest BCUT2D eigenvalue weighted by Gasteiger charge is -2.23. The van der Waals surface area contributed by atoms with Crippen LogP contribution in [0.2, 0.25) is 6.55 Å². The Morgan fingerprint density at radius 3 is 1.56 bits per heavy atom. The minimum absolute atomic E-state index is 0.481. The number of primary amides is 1. The highest BCUT2D eigenvalue weighted by molar-refractivity contribution is 6.59. The number of amides is 1. The average molecular weight is 249 g/mol. The Morgan fingerprint density at radius 2 is 1.44 bits per heavy atom. The van der Waals surface area contributed by atoms with Gasteiger partial charge in [-0.2, -0.15) is 0 Å². The number of hydrogen-bond donors (Lipinski definition) is 1. The summed E-state index contributed by atoms with van der Waals surface area (Å²) in [6.45, 7) is 12.8. The number of rotatable bonds is 7. The van der Waals surface area contributed by atoms with Crippen LogP contribution in [0.15, 0.2) is 12.7 Å². The lowest BCUT2D eigenvalue weighted by molar-refractivity contribution is -0.113. The fourth-order valence-corrected chi connectivity index (χ4v) is 2.73. The first-order valence-electron chi connectivity index (χ1n) is 5.29. The normalized spacial score (nSPS) is 10.2. The van der Waals surface area contributed by atoms with Crippen LogP contribution in [0.3, 0.4) is 0 Å². The summed E-state index contributed by atoms with van der Waals surface area (Å²) in [5.74, 6) is -0.481. The first-order valence-corrected chi connectivity index (χ1v) is 7.51. The molecule has 0 atom stereocenters. The lowest BCUT2D eigenvalue weighted by atomic mass is 10.6. The summed E-state index contributed by atoms with van der Waals surface area (Å²) in [6, 6.07) is 0. The van der Waals surface area contributed by atoms with Crippen molar-refractivity contribution in [1.29, 1.82) is 0 Å². The van der Waals surface area contributed by atoms with E-state index in [2.05, 4.69) is 12.3 Å². The Morgan fingerprint density at radius 1 is 1.19 bits per heavy atom. The Labute approximate surface area is 98.9 Å². The van der Waals surface area contributed by atoms with Gasteiger partial charge < -0.3 is 19.0 Å². The van der Waals surface area contributed by atoms with Gasteiger partial charge in [0.25, 0.3) is 0 Å². The zero-order chi connectivity index (χ0) is 13.0. The molecule has 0 saturated carbocycles. The molecule has 1 amide bonds. The lowest BCUT2D eigenvalue weighted by Crippen LogP contribution is -2.42. The van der Waals surface area contributed by atoms with Gasteiger partial charge in [0, 0.05) is 26.4 Å². The van der Waals surface area contributed by atoms with E-state index in [0.29, 0.717) is 19.8 Å². The molecule has 0 unspecified atom stereocenters. The predicted octanol–water partition coefficient (Wildman–Crippen LogP) is 1.32. The third kappa shape index (κ3) is 11.4. The predicted molar refractivity (Wildman–Crippen MR) is 65.9 cm³/mol. The molecule has 0 bridgehead atoms. The number of nitrogens with two attached hydrogens (primary N) is 1. The van der Waals surface area contributed by atoms with E-state index in [0.717, 1.165) is 6.08 Å². The molecule has 0 rings (SSSR count). The standard InChI is InChI=1S/C7H18O3Si.C3H5NO/c1-5-8-11(4,9-6-2)10-7-3;1-2-3(4)5/h5-7H2,1-4H3;2H,1H2,(H2,4,5). The molecule has 0 saturated heterocycles. The van der Waals surface area contributed by atoms with Crippen molar-refractivity contribution in [2.75, 3.05) is 19.8 Å². The molecular formula is C10H23NO4Si. The first kappa shape index (κ1) is 17.7. The fraction of sp³-hybridized carbons (Fsp3) is 0.700. The number of hydrogen-bond acceptors (Lipinski definition) is 4. The van der Waals surface area contributed by atoms with Gasteiger partial charge in [0.2, 0.25) is 5.91 Å². The summed E-state index contributed by atoms with van der Waals surface area (Å²) >= 11 is 0. The van der Waals surface area contributed by atoms with Crippen molar-refractivity contribution in [1.82, 2.24) is 0 Å². The van der Waals surface area contributed by atoms with Gasteiger partial charge in [-0.25, -0.2) is 0 Å². The van der Waals surface area contributed by atoms with E-state index in [1.807, 2.05) is 27.3 Å². The average Bonchev–Trinajstić information content (AvgIpc) is 2.19. The Bertz CT molecular complexity index is 182. The molecule has 16 heavy (non-hydrogen) atoms. The van der Waals surface area contributed by atoms with E-state index in [1.165, 1.54) is 0 Å². The van der Waals surface area contributed by atoms with Gasteiger partial charge in [0.05, 0.1) is 0 Å². The van der Waals surface area contributed by atoms with E-state index in [-0.39, 0.29) is 0 Å². The van der Waals surface area contributed by atoms with Crippen LogP contribution in [-0.4, -0.2) is 34.5 Å². The van der Waals surface area contributed by atoms with Crippen molar-refractivity contribution in [3.8, 4) is 0 Å². The summed E-state index contributed by atoms with van der Waals surface area (Å²) in [5.41, 5.74) is 4.53. The monoisotopic (exact) mass is 249 g/mol. The SMILES string of the molecule is C=CC(N)=O.CCO[Si](C)(OCC)OCC. The second-order valence-corrected chi connectivity index (χ2v) is 5.36. The second kappa shape index (κ2) is 10.8. The van der Waals surface area contributed by atoms with Crippen LogP contribution < -0.4 is 5.73 Å². The summed E-state index contributed by atoms with van der Waals surface area (Å²) in [4.78, 5) is 9.47. The maximum atomic E-state index is 9.47. The van der Waals surface area contributed by atoms with E-state index in [1.54, 1.807) is 0 Å². The van der Waals surface area contributed by atoms with E-state index in [9.17, 15) is 4.79 Å². The molecule has 0 heterocycles. The highest BCUT2D eigenvalue weighted by Crippen LogP contribution is 2.08. The smallest absolute Gasteiger partial charge is 0.374 e. The quantitative estimate of drug-likeness (QED) is 0.546. The van der Waals surface area contributed by atoms with Gasteiger partial charge in [0.15, 0.2) is 0 Å². The van der Waals surface area contributed by atoms with Crippen LogP contribution in [0.25, 0.3) is 0 Å². The summed E-state index contributed by atoms with van der Waals surface area (Å²) in [5, 5.41) is 0. The highest BCUT2D eigenvalue weighted by Gasteiger charge is 2.32. The summed E-state index contributed by atoms with van der Waals surface area (Å²) < 4.78 is 16.2. The van der Waals surface area contributed by atoms with Gasteiger partial charge in [-0.3, -0.25) is 4.79 Å². The molecule has 0 aliphatic carbocycles. The first-order chi connectivity index (χ1) is 7.45. The van der Waals surface area contributed by atoms with Crippen molar-refractivity contribution in [3.05, 3.63) is 12.7 Å². The van der Waals surface area contributed by atoms with Gasteiger partial charge in [-0.1, -0.05) is 6.58 Å². The molecule has 0 aromatic carbocycles. The van der Waals surface area contributed by atoms with Crippen molar-refractivity contribution in [2.45, 2.75) is 27.3 Å². The van der Waals surface area contributed by atoms with E-state index in [4.69, 9.17) is 13.3 Å². The summed E-state index contributed by atoms with van der Waals surface area (Å²) in [6.07, 6.45) is 1.06. The molecule has 0 aliphatic heterocycles. The molecule has 2 N–H and O–H groups in total. The zero-order valence-electron chi connectivity index (χ0n) is 10.6. The van der Waals surface area contributed by atoms with Crippen LogP contribution >= 0.6 is 0 Å². The number of carbonyl (C=O) groups is 1. The molecule has 0 radical (unpaired) electrons. The van der Waals surface area contributed by atoms with Crippen LogP contribution in [0.4, 0.5) is 0 Å². The van der Waals surface area contributed by atoms with Crippen LogP contribution in [-0.2, 0) is 18.1 Å². The minimum atomic E-state index is -2.25. The van der Waals surface area contributed by atoms with Crippen LogP contribution in [0.1, 0.15) is 20.8 Å². The molecule has 6 heteroatoms. The minimum Gasteiger partial charge on any atom is -0.374 e. The highest BCUT2D eigenvalue weighted by atomic mass is 28.4. The van der Waals surface area contributed by atoms with Crippen LogP contribution in [0, 0.1) is 0 Å². The number of carbonyl (C=O) groups excluding carboxylic acids is 1. The molecule has 5 nitrogen and oxygen atoms in total. The summed E-state index contributed by atoms with van der Waals surface area (Å²) in [7, 11) is -2.25.